The standard InChI is InChI=1S/C11H15NO3/c1-3-10(11(13)14)12-8-4-6-9(15-2)7-5-8/h4-7,10,12H,3H2,1-2H3,(H,13,14)/t10-/m1/s1. The number of ether oxygens (including phenoxy) is 1. The lowest BCUT2D eigenvalue weighted by Crippen LogP contribution is -2.28. The van der Waals surface area contributed by atoms with Crippen molar-refractivity contribution in [2.75, 3.05) is 12.4 Å². The highest BCUT2D eigenvalue weighted by atomic mass is 16.5. The van der Waals surface area contributed by atoms with Gasteiger partial charge in [-0.25, -0.2) is 4.79 Å². The van der Waals surface area contributed by atoms with Crippen molar-refractivity contribution >= 4 is 11.7 Å². The fourth-order valence-electron chi connectivity index (χ4n) is 1.23. The van der Waals surface area contributed by atoms with Crippen molar-refractivity contribution in [1.82, 2.24) is 0 Å². The highest BCUT2D eigenvalue weighted by Gasteiger charge is 2.13. The Balaban J connectivity index is 2.67. The SMILES string of the molecule is CC[C@@H](Nc1ccc(OC)cc1)C(=O)O. The number of rotatable bonds is 5. The number of methoxy groups -OCH3 is 1. The van der Waals surface area contributed by atoms with Gasteiger partial charge < -0.3 is 15.2 Å². The topological polar surface area (TPSA) is 58.6 Å². The average Bonchev–Trinajstić information content (AvgIpc) is 2.26. The zero-order chi connectivity index (χ0) is 11.3. The summed E-state index contributed by atoms with van der Waals surface area (Å²) in [6.45, 7) is 1.83. The number of anilines is 1. The van der Waals surface area contributed by atoms with E-state index in [0.717, 1.165) is 11.4 Å². The number of aliphatic carboxylic acids is 1. The van der Waals surface area contributed by atoms with E-state index in [9.17, 15) is 4.79 Å². The molecule has 1 aromatic rings. The molecule has 0 aliphatic carbocycles. The average molecular weight is 209 g/mol. The fraction of sp³-hybridized carbons (Fsp3) is 0.364. The minimum absolute atomic E-state index is 0.543. The summed E-state index contributed by atoms with van der Waals surface area (Å²) >= 11 is 0. The molecule has 0 bridgehead atoms. The molecule has 0 radical (unpaired) electrons. The van der Waals surface area contributed by atoms with Crippen LogP contribution in [0.5, 0.6) is 5.75 Å². The minimum Gasteiger partial charge on any atom is -0.497 e. The second kappa shape index (κ2) is 5.24. The van der Waals surface area contributed by atoms with E-state index < -0.39 is 12.0 Å². The van der Waals surface area contributed by atoms with Gasteiger partial charge in [-0.05, 0) is 30.7 Å². The molecule has 2 N–H and O–H groups in total. The number of carbonyl (C=O) groups is 1. The Hall–Kier alpha value is -1.71. The van der Waals surface area contributed by atoms with Crippen LogP contribution < -0.4 is 10.1 Å². The van der Waals surface area contributed by atoms with Crippen molar-refractivity contribution < 1.29 is 14.6 Å². The van der Waals surface area contributed by atoms with Crippen molar-refractivity contribution in [2.45, 2.75) is 19.4 Å². The van der Waals surface area contributed by atoms with Gasteiger partial charge >= 0.3 is 5.97 Å². The van der Waals surface area contributed by atoms with Crippen LogP contribution in [-0.4, -0.2) is 24.2 Å². The first-order valence-electron chi connectivity index (χ1n) is 4.80. The summed E-state index contributed by atoms with van der Waals surface area (Å²) in [5.74, 6) is -0.0859. The number of hydrogen-bond acceptors (Lipinski definition) is 3. The molecule has 0 amide bonds. The molecule has 0 unspecified atom stereocenters. The molecular weight excluding hydrogens is 194 g/mol. The van der Waals surface area contributed by atoms with Gasteiger partial charge in [-0.3, -0.25) is 0 Å². The summed E-state index contributed by atoms with van der Waals surface area (Å²) in [7, 11) is 1.59. The molecule has 1 rings (SSSR count). The number of hydrogen-bond donors (Lipinski definition) is 2. The summed E-state index contributed by atoms with van der Waals surface area (Å²) in [4.78, 5) is 10.8. The van der Waals surface area contributed by atoms with Crippen LogP contribution in [0.2, 0.25) is 0 Å². The summed E-state index contributed by atoms with van der Waals surface area (Å²) < 4.78 is 5.00. The molecule has 82 valence electrons. The lowest BCUT2D eigenvalue weighted by Gasteiger charge is -2.13. The first-order valence-corrected chi connectivity index (χ1v) is 4.80. The zero-order valence-electron chi connectivity index (χ0n) is 8.86. The highest BCUT2D eigenvalue weighted by molar-refractivity contribution is 5.77. The van der Waals surface area contributed by atoms with E-state index in [4.69, 9.17) is 9.84 Å². The van der Waals surface area contributed by atoms with Gasteiger partial charge in [-0.1, -0.05) is 6.92 Å². The second-order valence-corrected chi connectivity index (χ2v) is 3.17. The maximum atomic E-state index is 10.8. The van der Waals surface area contributed by atoms with Crippen LogP contribution in [0.3, 0.4) is 0 Å². The largest absolute Gasteiger partial charge is 0.497 e. The van der Waals surface area contributed by atoms with Gasteiger partial charge in [0.25, 0.3) is 0 Å². The highest BCUT2D eigenvalue weighted by Crippen LogP contribution is 2.16. The number of carboxylic acid groups (broad SMARTS) is 1. The molecule has 0 heterocycles. The molecule has 15 heavy (non-hydrogen) atoms. The zero-order valence-corrected chi connectivity index (χ0v) is 8.86. The monoisotopic (exact) mass is 209 g/mol. The van der Waals surface area contributed by atoms with E-state index in [-0.39, 0.29) is 0 Å². The quantitative estimate of drug-likeness (QED) is 0.778. The van der Waals surface area contributed by atoms with Gasteiger partial charge in [0.1, 0.15) is 11.8 Å². The Kier molecular flexibility index (Phi) is 3.97. The van der Waals surface area contributed by atoms with E-state index in [1.165, 1.54) is 0 Å². The van der Waals surface area contributed by atoms with E-state index in [1.807, 2.05) is 6.92 Å². The molecule has 0 fully saturated rings. The molecule has 0 aliphatic rings. The van der Waals surface area contributed by atoms with Crippen LogP contribution in [0.15, 0.2) is 24.3 Å². The van der Waals surface area contributed by atoms with E-state index in [1.54, 1.807) is 31.4 Å². The maximum Gasteiger partial charge on any atom is 0.326 e. The number of benzene rings is 1. The van der Waals surface area contributed by atoms with Gasteiger partial charge in [-0.2, -0.15) is 0 Å². The molecule has 0 spiro atoms. The molecule has 4 heteroatoms. The van der Waals surface area contributed by atoms with Crippen LogP contribution in [0.25, 0.3) is 0 Å². The fourth-order valence-corrected chi connectivity index (χ4v) is 1.23. The molecule has 0 saturated heterocycles. The van der Waals surface area contributed by atoms with E-state index in [0.29, 0.717) is 6.42 Å². The van der Waals surface area contributed by atoms with E-state index >= 15 is 0 Å². The summed E-state index contributed by atoms with van der Waals surface area (Å²) in [5.41, 5.74) is 0.782. The van der Waals surface area contributed by atoms with Gasteiger partial charge in [0.05, 0.1) is 7.11 Å². The van der Waals surface area contributed by atoms with Crippen LogP contribution in [0, 0.1) is 0 Å². The Labute approximate surface area is 88.9 Å². The smallest absolute Gasteiger partial charge is 0.326 e. The van der Waals surface area contributed by atoms with Gasteiger partial charge in [0.15, 0.2) is 0 Å². The summed E-state index contributed by atoms with van der Waals surface area (Å²) in [5, 5.41) is 11.8. The van der Waals surface area contributed by atoms with Gasteiger partial charge in [0.2, 0.25) is 0 Å². The first-order chi connectivity index (χ1) is 7.17. The van der Waals surface area contributed by atoms with Crippen molar-refractivity contribution in [2.24, 2.45) is 0 Å². The summed E-state index contributed by atoms with van der Waals surface area (Å²) in [6, 6.07) is 6.63. The molecule has 0 saturated carbocycles. The maximum absolute atomic E-state index is 10.8. The second-order valence-electron chi connectivity index (χ2n) is 3.17. The van der Waals surface area contributed by atoms with Crippen LogP contribution in [-0.2, 0) is 4.79 Å². The molecule has 0 aliphatic heterocycles. The Morgan fingerprint density at radius 1 is 1.47 bits per heavy atom. The van der Waals surface area contributed by atoms with Crippen LogP contribution in [0.4, 0.5) is 5.69 Å². The van der Waals surface area contributed by atoms with Crippen molar-refractivity contribution in [3.8, 4) is 5.75 Å². The molecule has 4 nitrogen and oxygen atoms in total. The Morgan fingerprint density at radius 3 is 2.47 bits per heavy atom. The predicted molar refractivity (Wildman–Crippen MR) is 58.3 cm³/mol. The normalized spacial score (nSPS) is 11.9. The lowest BCUT2D eigenvalue weighted by molar-refractivity contribution is -0.137. The van der Waals surface area contributed by atoms with Crippen molar-refractivity contribution in [3.63, 3.8) is 0 Å². The first kappa shape index (κ1) is 11.4. The molecular formula is C11H15NO3. The van der Waals surface area contributed by atoms with Crippen molar-refractivity contribution in [3.05, 3.63) is 24.3 Å². The Morgan fingerprint density at radius 2 is 2.07 bits per heavy atom. The molecule has 0 aromatic heterocycles. The van der Waals surface area contributed by atoms with Gasteiger partial charge in [0, 0.05) is 5.69 Å². The molecule has 1 aromatic carbocycles. The predicted octanol–water partition coefficient (Wildman–Crippen LogP) is 1.97. The third kappa shape index (κ3) is 3.16. The van der Waals surface area contributed by atoms with E-state index in [2.05, 4.69) is 5.32 Å². The molecule has 1 atom stereocenters. The third-order valence-electron chi connectivity index (χ3n) is 2.14. The van der Waals surface area contributed by atoms with Crippen molar-refractivity contribution in [1.29, 1.82) is 0 Å². The third-order valence-corrected chi connectivity index (χ3v) is 2.14. The van der Waals surface area contributed by atoms with Crippen LogP contribution in [0.1, 0.15) is 13.3 Å². The number of nitrogens with one attached hydrogen (secondary N) is 1. The Bertz CT molecular complexity index is 321. The lowest BCUT2D eigenvalue weighted by atomic mass is 10.2. The van der Waals surface area contributed by atoms with Gasteiger partial charge in [-0.15, -0.1) is 0 Å². The summed E-state index contributed by atoms with van der Waals surface area (Å²) in [6.07, 6.45) is 0.543. The van der Waals surface area contributed by atoms with Crippen LogP contribution >= 0.6 is 0 Å². The number of carboxylic acids is 1. The minimum atomic E-state index is -0.840.